The zero-order valence-corrected chi connectivity index (χ0v) is 15.6. The summed E-state index contributed by atoms with van der Waals surface area (Å²) >= 11 is 0. The van der Waals surface area contributed by atoms with E-state index >= 15 is 0 Å². The molecule has 1 fully saturated rings. The number of piperidine rings is 1. The molecule has 3 heteroatoms. The normalized spacial score (nSPS) is 17.7. The number of carbonyl (C=O) groups is 1. The predicted molar refractivity (Wildman–Crippen MR) is 107 cm³/mol. The van der Waals surface area contributed by atoms with Crippen molar-refractivity contribution in [2.45, 2.75) is 51.5 Å². The molecular formula is C23H28N2O. The van der Waals surface area contributed by atoms with Crippen molar-refractivity contribution in [3.63, 3.8) is 0 Å². The fraction of sp³-hybridized carbons (Fsp3) is 0.435. The van der Waals surface area contributed by atoms with E-state index in [1.54, 1.807) is 0 Å². The van der Waals surface area contributed by atoms with Gasteiger partial charge in [-0.3, -0.25) is 4.79 Å². The molecule has 2 aliphatic rings. The molecule has 1 saturated heterocycles. The van der Waals surface area contributed by atoms with Crippen LogP contribution in [0.25, 0.3) is 0 Å². The molecule has 1 atom stereocenters. The van der Waals surface area contributed by atoms with Gasteiger partial charge >= 0.3 is 0 Å². The van der Waals surface area contributed by atoms with Crippen LogP contribution in [0.4, 0.5) is 5.69 Å². The minimum Gasteiger partial charge on any atom is -0.372 e. The van der Waals surface area contributed by atoms with Gasteiger partial charge in [0.2, 0.25) is 0 Å². The van der Waals surface area contributed by atoms with E-state index in [2.05, 4.69) is 47.5 Å². The summed E-state index contributed by atoms with van der Waals surface area (Å²) in [7, 11) is 0. The number of rotatable bonds is 4. The van der Waals surface area contributed by atoms with Gasteiger partial charge < -0.3 is 10.2 Å². The number of anilines is 1. The minimum atomic E-state index is 0.00296. The van der Waals surface area contributed by atoms with Gasteiger partial charge in [0, 0.05) is 24.3 Å². The summed E-state index contributed by atoms with van der Waals surface area (Å²) in [6.07, 6.45) is 7.48. The number of hydrogen-bond acceptors (Lipinski definition) is 2. The molecule has 0 spiro atoms. The summed E-state index contributed by atoms with van der Waals surface area (Å²) in [5, 5.41) is 3.15. The van der Waals surface area contributed by atoms with Gasteiger partial charge in [-0.2, -0.15) is 0 Å². The molecule has 2 aromatic rings. The fourth-order valence-electron chi connectivity index (χ4n) is 4.20. The first kappa shape index (κ1) is 17.1. The molecule has 0 unspecified atom stereocenters. The maximum Gasteiger partial charge on any atom is 0.251 e. The molecular weight excluding hydrogens is 320 g/mol. The second kappa shape index (κ2) is 7.53. The monoisotopic (exact) mass is 348 g/mol. The quantitative estimate of drug-likeness (QED) is 0.872. The van der Waals surface area contributed by atoms with Crippen LogP contribution >= 0.6 is 0 Å². The van der Waals surface area contributed by atoms with Gasteiger partial charge in [0.15, 0.2) is 0 Å². The van der Waals surface area contributed by atoms with Crippen molar-refractivity contribution in [2.24, 2.45) is 0 Å². The summed E-state index contributed by atoms with van der Waals surface area (Å²) in [6, 6.07) is 14.8. The van der Waals surface area contributed by atoms with Crippen molar-refractivity contribution >= 4 is 11.6 Å². The van der Waals surface area contributed by atoms with Gasteiger partial charge in [-0.1, -0.05) is 18.2 Å². The first-order valence-corrected chi connectivity index (χ1v) is 9.98. The van der Waals surface area contributed by atoms with E-state index in [4.69, 9.17) is 0 Å². The largest absolute Gasteiger partial charge is 0.372 e. The second-order valence-corrected chi connectivity index (χ2v) is 7.67. The third-order valence-electron chi connectivity index (χ3n) is 5.82. The van der Waals surface area contributed by atoms with E-state index < -0.39 is 0 Å². The van der Waals surface area contributed by atoms with Crippen LogP contribution in [-0.4, -0.2) is 19.0 Å². The molecule has 0 bridgehead atoms. The molecule has 0 aromatic heterocycles. The van der Waals surface area contributed by atoms with Crippen molar-refractivity contribution in [2.75, 3.05) is 18.0 Å². The Bertz CT molecular complexity index is 775. The van der Waals surface area contributed by atoms with Gasteiger partial charge in [0.25, 0.3) is 5.91 Å². The van der Waals surface area contributed by atoms with Crippen molar-refractivity contribution < 1.29 is 4.79 Å². The lowest BCUT2D eigenvalue weighted by atomic mass is 10.0. The van der Waals surface area contributed by atoms with E-state index in [0.29, 0.717) is 0 Å². The van der Waals surface area contributed by atoms with E-state index in [1.165, 1.54) is 60.9 Å². The first-order chi connectivity index (χ1) is 12.7. The van der Waals surface area contributed by atoms with Crippen LogP contribution in [0.3, 0.4) is 0 Å². The minimum absolute atomic E-state index is 0.00296. The average Bonchev–Trinajstić information content (AvgIpc) is 3.16. The van der Waals surface area contributed by atoms with Crippen LogP contribution in [0.2, 0.25) is 0 Å². The second-order valence-electron chi connectivity index (χ2n) is 7.67. The van der Waals surface area contributed by atoms with Crippen molar-refractivity contribution in [3.05, 3.63) is 64.7 Å². The third kappa shape index (κ3) is 3.62. The Morgan fingerprint density at radius 1 is 0.923 bits per heavy atom. The number of hydrogen-bond donors (Lipinski definition) is 1. The molecule has 1 heterocycles. The number of carbonyl (C=O) groups excluding carboxylic acids is 1. The van der Waals surface area contributed by atoms with Gasteiger partial charge in [-0.25, -0.2) is 0 Å². The van der Waals surface area contributed by atoms with E-state index in [0.717, 1.165) is 18.7 Å². The summed E-state index contributed by atoms with van der Waals surface area (Å²) in [4.78, 5) is 15.0. The van der Waals surface area contributed by atoms with Crippen LogP contribution in [0.1, 0.15) is 65.7 Å². The highest BCUT2D eigenvalue weighted by molar-refractivity contribution is 5.94. The lowest BCUT2D eigenvalue weighted by Gasteiger charge is -2.28. The Kier molecular flexibility index (Phi) is 4.96. The summed E-state index contributed by atoms with van der Waals surface area (Å²) in [6.45, 7) is 4.32. The lowest BCUT2D eigenvalue weighted by Crippen LogP contribution is -2.29. The highest BCUT2D eigenvalue weighted by Gasteiger charge is 2.16. The van der Waals surface area contributed by atoms with Crippen LogP contribution in [0, 0.1) is 0 Å². The molecule has 0 saturated carbocycles. The molecule has 0 radical (unpaired) electrons. The summed E-state index contributed by atoms with van der Waals surface area (Å²) in [5.41, 5.74) is 6.09. The number of nitrogens with one attached hydrogen (secondary N) is 1. The Morgan fingerprint density at radius 2 is 1.65 bits per heavy atom. The Hall–Kier alpha value is -2.29. The topological polar surface area (TPSA) is 32.3 Å². The van der Waals surface area contributed by atoms with E-state index in [1.807, 2.05) is 12.1 Å². The molecule has 136 valence electrons. The molecule has 4 rings (SSSR count). The van der Waals surface area contributed by atoms with Crippen LogP contribution in [0.15, 0.2) is 42.5 Å². The van der Waals surface area contributed by atoms with Gasteiger partial charge in [-0.05, 0) is 86.4 Å². The zero-order valence-electron chi connectivity index (χ0n) is 15.6. The molecule has 26 heavy (non-hydrogen) atoms. The fourth-order valence-corrected chi connectivity index (χ4v) is 4.20. The number of fused-ring (bicyclic) bond motifs is 1. The van der Waals surface area contributed by atoms with Crippen LogP contribution in [0.5, 0.6) is 0 Å². The van der Waals surface area contributed by atoms with Gasteiger partial charge in [0.1, 0.15) is 0 Å². The summed E-state index contributed by atoms with van der Waals surface area (Å²) < 4.78 is 0. The van der Waals surface area contributed by atoms with Crippen LogP contribution < -0.4 is 10.2 Å². The number of aryl methyl sites for hydroxylation is 2. The van der Waals surface area contributed by atoms with Gasteiger partial charge in [0.05, 0.1) is 6.04 Å². The highest BCUT2D eigenvalue weighted by Crippen LogP contribution is 2.26. The Balaban J connectivity index is 1.41. The molecule has 1 N–H and O–H groups in total. The van der Waals surface area contributed by atoms with E-state index in [-0.39, 0.29) is 11.9 Å². The molecule has 2 aromatic carbocycles. The lowest BCUT2D eigenvalue weighted by molar-refractivity contribution is 0.0940. The van der Waals surface area contributed by atoms with Crippen LogP contribution in [-0.2, 0) is 12.8 Å². The number of nitrogens with zero attached hydrogens (tertiary/aromatic N) is 1. The zero-order chi connectivity index (χ0) is 17.9. The highest BCUT2D eigenvalue weighted by atomic mass is 16.1. The smallest absolute Gasteiger partial charge is 0.251 e. The number of benzene rings is 2. The SMILES string of the molecule is C[C@@H](NC(=O)c1ccc(N2CCCCC2)cc1)c1ccc2c(c1)CCC2. The van der Waals surface area contributed by atoms with Gasteiger partial charge in [-0.15, -0.1) is 0 Å². The molecule has 1 amide bonds. The first-order valence-electron chi connectivity index (χ1n) is 9.98. The number of amides is 1. The summed E-state index contributed by atoms with van der Waals surface area (Å²) in [5.74, 6) is 0.00296. The maximum atomic E-state index is 12.6. The predicted octanol–water partition coefficient (Wildman–Crippen LogP) is 4.66. The standard InChI is InChI=1S/C23H28N2O/c1-17(20-9-8-18-6-5-7-21(18)16-20)24-23(26)19-10-12-22(13-11-19)25-14-3-2-4-15-25/h8-13,16-17H,2-7,14-15H2,1H3,(H,24,26)/t17-/m1/s1. The van der Waals surface area contributed by atoms with E-state index in [9.17, 15) is 4.79 Å². The molecule has 1 aliphatic heterocycles. The van der Waals surface area contributed by atoms with Crippen molar-refractivity contribution in [3.8, 4) is 0 Å². The third-order valence-corrected chi connectivity index (χ3v) is 5.82. The Morgan fingerprint density at radius 3 is 2.42 bits per heavy atom. The Labute approximate surface area is 156 Å². The molecule has 1 aliphatic carbocycles. The maximum absolute atomic E-state index is 12.6. The van der Waals surface area contributed by atoms with Crippen molar-refractivity contribution in [1.82, 2.24) is 5.32 Å². The average molecular weight is 348 g/mol. The van der Waals surface area contributed by atoms with Crippen molar-refractivity contribution in [1.29, 1.82) is 0 Å². The molecule has 3 nitrogen and oxygen atoms in total.